The Kier molecular flexibility index (Phi) is 5.97. The fourth-order valence-electron chi connectivity index (χ4n) is 3.15. The lowest BCUT2D eigenvalue weighted by Gasteiger charge is -2.17. The van der Waals surface area contributed by atoms with Crippen LogP contribution >= 0.6 is 23.1 Å². The first kappa shape index (κ1) is 17.9. The minimum Gasteiger partial charge on any atom is -0.394 e. The molecule has 24 heavy (non-hydrogen) atoms. The molecule has 3 rings (SSSR count). The number of aliphatic hydroxyl groups excluding tert-OH is 1. The number of hydrogen-bond acceptors (Lipinski definition) is 6. The topological polar surface area (TPSA) is 64.3 Å². The highest BCUT2D eigenvalue weighted by molar-refractivity contribution is 7.99. The van der Waals surface area contributed by atoms with Crippen molar-refractivity contribution in [2.75, 3.05) is 25.6 Å². The summed E-state index contributed by atoms with van der Waals surface area (Å²) in [6, 6.07) is 0. The van der Waals surface area contributed by atoms with E-state index in [9.17, 15) is 4.79 Å². The summed E-state index contributed by atoms with van der Waals surface area (Å²) in [4.78, 5) is 20.0. The molecule has 0 fully saturated rings. The highest BCUT2D eigenvalue weighted by atomic mass is 32.2. The Hall–Kier alpha value is -0.890. The SMILES string of the molecule is CCn1c(SCCOCCO)nc2sc3c(c2c1=O)CCC(C)C3. The third-order valence-electron chi connectivity index (χ3n) is 4.39. The molecule has 1 aliphatic carbocycles. The lowest BCUT2D eigenvalue weighted by Crippen LogP contribution is -2.23. The van der Waals surface area contributed by atoms with E-state index in [0.717, 1.165) is 40.4 Å². The molecule has 2 heterocycles. The molecule has 0 radical (unpaired) electrons. The van der Waals surface area contributed by atoms with Gasteiger partial charge in [-0.15, -0.1) is 11.3 Å². The standard InChI is InChI=1S/C17H24N2O3S2/c1-3-19-16(21)14-12-5-4-11(2)10-13(12)24-15(14)18-17(19)23-9-8-22-7-6-20/h11,20H,3-10H2,1-2H3. The van der Waals surface area contributed by atoms with Gasteiger partial charge < -0.3 is 9.84 Å². The maximum Gasteiger partial charge on any atom is 0.263 e. The number of hydrogen-bond donors (Lipinski definition) is 1. The van der Waals surface area contributed by atoms with E-state index >= 15 is 0 Å². The molecule has 0 saturated heterocycles. The second kappa shape index (κ2) is 7.99. The maximum absolute atomic E-state index is 13.0. The Bertz CT molecular complexity index is 769. The first-order valence-electron chi connectivity index (χ1n) is 8.52. The Labute approximate surface area is 150 Å². The molecule has 1 atom stereocenters. The Morgan fingerprint density at radius 3 is 3.04 bits per heavy atom. The van der Waals surface area contributed by atoms with Crippen molar-refractivity contribution < 1.29 is 9.84 Å². The van der Waals surface area contributed by atoms with Gasteiger partial charge in [0, 0.05) is 17.2 Å². The molecule has 2 aromatic heterocycles. The second-order valence-electron chi connectivity index (χ2n) is 6.16. The van der Waals surface area contributed by atoms with Crippen molar-refractivity contribution in [3.05, 3.63) is 20.8 Å². The molecule has 0 spiro atoms. The molecule has 5 nitrogen and oxygen atoms in total. The normalized spacial score (nSPS) is 17.4. The van der Waals surface area contributed by atoms with E-state index in [2.05, 4.69) is 6.92 Å². The summed E-state index contributed by atoms with van der Waals surface area (Å²) in [5.74, 6) is 1.41. The maximum atomic E-state index is 13.0. The molecule has 7 heteroatoms. The first-order valence-corrected chi connectivity index (χ1v) is 10.3. The summed E-state index contributed by atoms with van der Waals surface area (Å²) in [6.07, 6.45) is 3.22. The zero-order valence-electron chi connectivity index (χ0n) is 14.2. The summed E-state index contributed by atoms with van der Waals surface area (Å²) in [5.41, 5.74) is 1.35. The number of aliphatic hydroxyl groups is 1. The van der Waals surface area contributed by atoms with E-state index in [0.29, 0.717) is 25.7 Å². The van der Waals surface area contributed by atoms with Crippen molar-refractivity contribution in [1.82, 2.24) is 9.55 Å². The van der Waals surface area contributed by atoms with Gasteiger partial charge in [-0.2, -0.15) is 0 Å². The number of rotatable bonds is 7. The van der Waals surface area contributed by atoms with Gasteiger partial charge in [-0.25, -0.2) is 4.98 Å². The minimum atomic E-state index is 0.0354. The molecule has 132 valence electrons. The predicted octanol–water partition coefficient (Wildman–Crippen LogP) is 2.70. The lowest BCUT2D eigenvalue weighted by atomic mass is 9.89. The van der Waals surface area contributed by atoms with Gasteiger partial charge >= 0.3 is 0 Å². The molecule has 2 aromatic rings. The van der Waals surface area contributed by atoms with Crippen LogP contribution < -0.4 is 5.56 Å². The summed E-state index contributed by atoms with van der Waals surface area (Å²) in [7, 11) is 0. The number of thiophene rings is 1. The quantitative estimate of drug-likeness (QED) is 0.462. The van der Waals surface area contributed by atoms with Crippen LogP contribution in [0, 0.1) is 5.92 Å². The molecule has 1 aliphatic rings. The summed E-state index contributed by atoms with van der Waals surface area (Å²) in [6.45, 7) is 5.82. The van der Waals surface area contributed by atoms with Gasteiger partial charge in [0.25, 0.3) is 5.56 Å². The van der Waals surface area contributed by atoms with Crippen molar-refractivity contribution >= 4 is 33.3 Å². The number of ether oxygens (including phenoxy) is 1. The van der Waals surface area contributed by atoms with Crippen molar-refractivity contribution in [3.63, 3.8) is 0 Å². The summed E-state index contributed by atoms with van der Waals surface area (Å²) < 4.78 is 7.07. The second-order valence-corrected chi connectivity index (χ2v) is 8.31. The van der Waals surface area contributed by atoms with E-state index in [4.69, 9.17) is 14.8 Å². The lowest BCUT2D eigenvalue weighted by molar-refractivity contribution is 0.103. The zero-order valence-corrected chi connectivity index (χ0v) is 15.8. The molecule has 1 unspecified atom stereocenters. The highest BCUT2D eigenvalue weighted by Gasteiger charge is 2.24. The van der Waals surface area contributed by atoms with Gasteiger partial charge in [0.2, 0.25) is 0 Å². The number of nitrogens with zero attached hydrogens (tertiary/aromatic N) is 2. The Morgan fingerprint density at radius 2 is 2.29 bits per heavy atom. The number of thioether (sulfide) groups is 1. The molecule has 0 saturated carbocycles. The Morgan fingerprint density at radius 1 is 1.46 bits per heavy atom. The highest BCUT2D eigenvalue weighted by Crippen LogP contribution is 2.36. The minimum absolute atomic E-state index is 0.0354. The van der Waals surface area contributed by atoms with E-state index < -0.39 is 0 Å². The van der Waals surface area contributed by atoms with Crippen LogP contribution in [0.3, 0.4) is 0 Å². The summed E-state index contributed by atoms with van der Waals surface area (Å²) in [5, 5.41) is 10.4. The Balaban J connectivity index is 1.91. The van der Waals surface area contributed by atoms with E-state index in [-0.39, 0.29) is 12.2 Å². The van der Waals surface area contributed by atoms with Crippen LogP contribution in [0.15, 0.2) is 9.95 Å². The smallest absolute Gasteiger partial charge is 0.263 e. The number of aromatic nitrogens is 2. The van der Waals surface area contributed by atoms with Crippen LogP contribution in [-0.4, -0.2) is 40.2 Å². The molecular weight excluding hydrogens is 344 g/mol. The van der Waals surface area contributed by atoms with Crippen LogP contribution in [-0.2, 0) is 24.1 Å². The molecule has 0 amide bonds. The van der Waals surface area contributed by atoms with Gasteiger partial charge in [-0.3, -0.25) is 9.36 Å². The van der Waals surface area contributed by atoms with Gasteiger partial charge in [0.1, 0.15) is 4.83 Å². The van der Waals surface area contributed by atoms with Crippen molar-refractivity contribution in [1.29, 1.82) is 0 Å². The van der Waals surface area contributed by atoms with E-state index in [1.807, 2.05) is 6.92 Å². The van der Waals surface area contributed by atoms with E-state index in [1.165, 1.54) is 10.4 Å². The van der Waals surface area contributed by atoms with Crippen LogP contribution in [0.25, 0.3) is 10.2 Å². The first-order chi connectivity index (χ1) is 11.7. The summed E-state index contributed by atoms with van der Waals surface area (Å²) >= 11 is 3.25. The average Bonchev–Trinajstić information content (AvgIpc) is 2.92. The average molecular weight is 369 g/mol. The fourth-order valence-corrected chi connectivity index (χ4v) is 5.49. The van der Waals surface area contributed by atoms with Gasteiger partial charge in [-0.1, -0.05) is 18.7 Å². The number of aryl methyl sites for hydroxylation is 1. The van der Waals surface area contributed by atoms with Crippen LogP contribution in [0.1, 0.15) is 30.7 Å². The zero-order chi connectivity index (χ0) is 17.1. The van der Waals surface area contributed by atoms with Crippen molar-refractivity contribution in [2.45, 2.75) is 44.8 Å². The molecule has 0 aromatic carbocycles. The fraction of sp³-hybridized carbons (Fsp3) is 0.647. The van der Waals surface area contributed by atoms with E-state index in [1.54, 1.807) is 27.7 Å². The van der Waals surface area contributed by atoms with Crippen molar-refractivity contribution in [2.24, 2.45) is 5.92 Å². The van der Waals surface area contributed by atoms with Crippen LogP contribution in [0.4, 0.5) is 0 Å². The predicted molar refractivity (Wildman–Crippen MR) is 99.4 cm³/mol. The van der Waals surface area contributed by atoms with Crippen molar-refractivity contribution in [3.8, 4) is 0 Å². The monoisotopic (exact) mass is 368 g/mol. The molecular formula is C17H24N2O3S2. The molecule has 1 N–H and O–H groups in total. The van der Waals surface area contributed by atoms with Crippen LogP contribution in [0.5, 0.6) is 0 Å². The molecule has 0 bridgehead atoms. The molecule has 0 aliphatic heterocycles. The largest absolute Gasteiger partial charge is 0.394 e. The van der Waals surface area contributed by atoms with Gasteiger partial charge in [0.15, 0.2) is 5.16 Å². The van der Waals surface area contributed by atoms with Crippen LogP contribution in [0.2, 0.25) is 0 Å². The van der Waals surface area contributed by atoms with Gasteiger partial charge in [0.05, 0.1) is 25.2 Å². The third kappa shape index (κ3) is 3.54. The number of fused-ring (bicyclic) bond motifs is 3. The third-order valence-corrected chi connectivity index (χ3v) is 6.48. The van der Waals surface area contributed by atoms with Gasteiger partial charge in [-0.05, 0) is 37.7 Å².